The summed E-state index contributed by atoms with van der Waals surface area (Å²) in [6, 6.07) is 19.5. The van der Waals surface area contributed by atoms with Gasteiger partial charge in [-0.2, -0.15) is 5.26 Å². The lowest BCUT2D eigenvalue weighted by Crippen LogP contribution is -2.21. The van der Waals surface area contributed by atoms with Crippen LogP contribution in [0.25, 0.3) is 0 Å². The second kappa shape index (κ2) is 8.32. The first kappa shape index (κ1) is 20.6. The Morgan fingerprint density at radius 1 is 1.00 bits per heavy atom. The minimum Gasteiger partial charge on any atom is -0.493 e. The highest BCUT2D eigenvalue weighted by atomic mass is 16.7. The van der Waals surface area contributed by atoms with Crippen molar-refractivity contribution in [2.24, 2.45) is 5.73 Å². The molecule has 2 aliphatic rings. The van der Waals surface area contributed by atoms with Gasteiger partial charge < -0.3 is 29.4 Å². The van der Waals surface area contributed by atoms with Gasteiger partial charge in [0.2, 0.25) is 12.7 Å². The molecule has 3 aromatic rings. The van der Waals surface area contributed by atoms with Crippen LogP contribution in [-0.2, 0) is 6.61 Å². The number of rotatable bonds is 5. The molecule has 0 bridgehead atoms. The molecule has 1 atom stereocenters. The smallest absolute Gasteiger partial charge is 0.231 e. The van der Waals surface area contributed by atoms with Gasteiger partial charge in [0.05, 0.1) is 13.0 Å². The average Bonchev–Trinajstić information content (AvgIpc) is 3.29. The Hall–Kier alpha value is -4.31. The first-order chi connectivity index (χ1) is 16.1. The zero-order valence-corrected chi connectivity index (χ0v) is 18.3. The van der Waals surface area contributed by atoms with Crippen LogP contribution in [0.1, 0.15) is 28.2 Å². The van der Waals surface area contributed by atoms with E-state index >= 15 is 0 Å². The van der Waals surface area contributed by atoms with Crippen molar-refractivity contribution in [2.45, 2.75) is 19.4 Å². The van der Waals surface area contributed by atoms with Crippen molar-refractivity contribution in [1.82, 2.24) is 0 Å². The second-order valence-corrected chi connectivity index (χ2v) is 7.85. The number of benzene rings is 3. The molecule has 2 aliphatic heterocycles. The lowest BCUT2D eigenvalue weighted by molar-refractivity contribution is 0.174. The average molecular weight is 442 g/mol. The second-order valence-electron chi connectivity index (χ2n) is 7.85. The largest absolute Gasteiger partial charge is 0.493 e. The zero-order valence-electron chi connectivity index (χ0n) is 18.3. The highest BCUT2D eigenvalue weighted by Gasteiger charge is 2.33. The number of nitrogens with two attached hydrogens (primary N) is 1. The van der Waals surface area contributed by atoms with E-state index in [1.165, 1.54) is 5.56 Å². The Morgan fingerprint density at radius 3 is 2.48 bits per heavy atom. The van der Waals surface area contributed by atoms with Gasteiger partial charge >= 0.3 is 0 Å². The topological polar surface area (TPSA) is 96.0 Å². The molecule has 0 amide bonds. The molecule has 7 nitrogen and oxygen atoms in total. The summed E-state index contributed by atoms with van der Waals surface area (Å²) < 4.78 is 28.3. The van der Waals surface area contributed by atoms with Gasteiger partial charge in [0.15, 0.2) is 23.0 Å². The first-order valence-electron chi connectivity index (χ1n) is 10.4. The zero-order chi connectivity index (χ0) is 22.9. The number of hydrogen-bond acceptors (Lipinski definition) is 7. The van der Waals surface area contributed by atoms with Crippen LogP contribution < -0.4 is 29.4 Å². The van der Waals surface area contributed by atoms with Crippen molar-refractivity contribution in [3.63, 3.8) is 0 Å². The van der Waals surface area contributed by atoms with E-state index in [9.17, 15) is 5.26 Å². The molecule has 2 heterocycles. The van der Waals surface area contributed by atoms with Crippen LogP contribution in [0.3, 0.4) is 0 Å². The number of nitriles is 1. The summed E-state index contributed by atoms with van der Waals surface area (Å²) in [7, 11) is 1.59. The Kier molecular flexibility index (Phi) is 5.19. The van der Waals surface area contributed by atoms with E-state index in [2.05, 4.69) is 6.07 Å². The Bertz CT molecular complexity index is 1290. The van der Waals surface area contributed by atoms with Crippen LogP contribution in [0, 0.1) is 18.3 Å². The van der Waals surface area contributed by atoms with Crippen LogP contribution >= 0.6 is 0 Å². The van der Waals surface area contributed by atoms with Crippen LogP contribution in [0.5, 0.6) is 28.7 Å². The van der Waals surface area contributed by atoms with Crippen LogP contribution in [0.15, 0.2) is 66.1 Å². The standard InChI is InChI=1S/C26H22N2O5/c1-15-3-5-16(6-4-15)13-30-20-8-7-17(9-22(20)29-2)25-18-10-23-24(32-14-31-23)11-21(18)33-26(28)19(25)12-27/h3-11,25H,13-14,28H2,1-2H3. The van der Waals surface area contributed by atoms with Crippen LogP contribution in [0.2, 0.25) is 0 Å². The summed E-state index contributed by atoms with van der Waals surface area (Å²) in [6.45, 7) is 2.60. The Labute approximate surface area is 191 Å². The highest BCUT2D eigenvalue weighted by Crippen LogP contribution is 2.48. The van der Waals surface area contributed by atoms with E-state index in [1.807, 2.05) is 55.5 Å². The van der Waals surface area contributed by atoms with Crippen molar-refractivity contribution >= 4 is 0 Å². The number of fused-ring (bicyclic) bond motifs is 2. The maximum absolute atomic E-state index is 9.84. The number of ether oxygens (including phenoxy) is 5. The lowest BCUT2D eigenvalue weighted by atomic mass is 9.83. The normalized spacial score (nSPS) is 16.0. The highest BCUT2D eigenvalue weighted by molar-refractivity contribution is 5.62. The summed E-state index contributed by atoms with van der Waals surface area (Å²) in [5.74, 6) is 2.49. The summed E-state index contributed by atoms with van der Waals surface area (Å²) in [5.41, 5.74) is 10.3. The molecule has 0 saturated carbocycles. The fourth-order valence-corrected chi connectivity index (χ4v) is 4.02. The lowest BCUT2D eigenvalue weighted by Gasteiger charge is -2.27. The number of hydrogen-bond donors (Lipinski definition) is 1. The fourth-order valence-electron chi connectivity index (χ4n) is 4.02. The fraction of sp³-hybridized carbons (Fsp3) is 0.192. The number of aryl methyl sites for hydroxylation is 1. The molecule has 0 aliphatic carbocycles. The molecular weight excluding hydrogens is 420 g/mol. The van der Waals surface area contributed by atoms with Gasteiger partial charge in [-0.15, -0.1) is 0 Å². The molecule has 0 spiro atoms. The molecule has 166 valence electrons. The Balaban J connectivity index is 1.50. The predicted octanol–water partition coefficient (Wildman–Crippen LogP) is 4.53. The van der Waals surface area contributed by atoms with E-state index in [-0.39, 0.29) is 12.7 Å². The number of nitrogens with zero attached hydrogens (tertiary/aromatic N) is 1. The third kappa shape index (κ3) is 3.76. The molecule has 0 radical (unpaired) electrons. The van der Waals surface area contributed by atoms with E-state index < -0.39 is 5.92 Å². The molecular formula is C26H22N2O5. The summed E-state index contributed by atoms with van der Waals surface area (Å²) >= 11 is 0. The minimum atomic E-state index is -0.451. The van der Waals surface area contributed by atoms with Gasteiger partial charge in [-0.25, -0.2) is 0 Å². The monoisotopic (exact) mass is 442 g/mol. The van der Waals surface area contributed by atoms with Gasteiger partial charge in [-0.3, -0.25) is 0 Å². The molecule has 0 saturated heterocycles. The van der Waals surface area contributed by atoms with E-state index in [4.69, 9.17) is 29.4 Å². The van der Waals surface area contributed by atoms with Gasteiger partial charge in [0.1, 0.15) is 24.0 Å². The summed E-state index contributed by atoms with van der Waals surface area (Å²) in [5, 5.41) is 9.84. The number of allylic oxidation sites excluding steroid dienone is 1. The number of methoxy groups -OCH3 is 1. The van der Waals surface area contributed by atoms with E-state index in [1.54, 1.807) is 13.2 Å². The third-order valence-corrected chi connectivity index (χ3v) is 5.75. The quantitative estimate of drug-likeness (QED) is 0.620. The van der Waals surface area contributed by atoms with Gasteiger partial charge in [0.25, 0.3) is 0 Å². The molecule has 0 fully saturated rings. The van der Waals surface area contributed by atoms with Crippen molar-refractivity contribution in [1.29, 1.82) is 5.26 Å². The van der Waals surface area contributed by atoms with E-state index in [0.717, 1.165) is 16.7 Å². The maximum Gasteiger partial charge on any atom is 0.231 e. The minimum absolute atomic E-state index is 0.0625. The molecule has 7 heteroatoms. The third-order valence-electron chi connectivity index (χ3n) is 5.75. The molecule has 5 rings (SSSR count). The predicted molar refractivity (Wildman–Crippen MR) is 120 cm³/mol. The van der Waals surface area contributed by atoms with Gasteiger partial charge in [-0.1, -0.05) is 35.9 Å². The first-order valence-corrected chi connectivity index (χ1v) is 10.4. The molecule has 3 aromatic carbocycles. The van der Waals surface area contributed by atoms with Crippen LogP contribution in [0.4, 0.5) is 0 Å². The molecule has 2 N–H and O–H groups in total. The SMILES string of the molecule is COc1cc(C2C(C#N)=C(N)Oc3cc4c(cc32)OCO4)ccc1OCc1ccc(C)cc1. The van der Waals surface area contributed by atoms with Gasteiger partial charge in [-0.05, 0) is 36.2 Å². The van der Waals surface area contributed by atoms with Crippen molar-refractivity contribution < 1.29 is 23.7 Å². The Morgan fingerprint density at radius 2 is 1.76 bits per heavy atom. The summed E-state index contributed by atoms with van der Waals surface area (Å²) in [4.78, 5) is 0. The molecule has 0 aromatic heterocycles. The van der Waals surface area contributed by atoms with Gasteiger partial charge in [0, 0.05) is 11.6 Å². The molecule has 1 unspecified atom stereocenters. The van der Waals surface area contributed by atoms with Crippen LogP contribution in [-0.4, -0.2) is 13.9 Å². The van der Waals surface area contributed by atoms with Crippen molar-refractivity contribution in [3.05, 3.63) is 88.3 Å². The molecule has 33 heavy (non-hydrogen) atoms. The summed E-state index contributed by atoms with van der Waals surface area (Å²) in [6.07, 6.45) is 0. The van der Waals surface area contributed by atoms with Crippen molar-refractivity contribution in [2.75, 3.05) is 13.9 Å². The maximum atomic E-state index is 9.84. The van der Waals surface area contributed by atoms with Crippen molar-refractivity contribution in [3.8, 4) is 34.8 Å². The van der Waals surface area contributed by atoms with E-state index in [0.29, 0.717) is 40.9 Å².